The van der Waals surface area contributed by atoms with Gasteiger partial charge >= 0.3 is 0 Å². The first kappa shape index (κ1) is 32.2. The SMILES string of the molecule is CCCCCCCCN(CCCCCCCC)CC(O)c1cc(-c2ccc(Cl)cc2)nc2c(Cl)cc(Cl)cc12. The largest absolute Gasteiger partial charge is 0.387 e. The van der Waals surface area contributed by atoms with Gasteiger partial charge in [0.2, 0.25) is 0 Å². The molecule has 3 aromatic rings. The molecule has 3 nitrogen and oxygen atoms in total. The second-order valence-electron chi connectivity index (χ2n) is 10.7. The lowest BCUT2D eigenvalue weighted by Gasteiger charge is -2.26. The molecule has 0 fully saturated rings. The molecule has 0 spiro atoms. The fraction of sp³-hybridized carbons (Fsp3) is 0.545. The molecule has 0 amide bonds. The van der Waals surface area contributed by atoms with Gasteiger partial charge in [0, 0.05) is 27.5 Å². The number of aromatic nitrogens is 1. The third kappa shape index (κ3) is 10.5. The smallest absolute Gasteiger partial charge is 0.0924 e. The van der Waals surface area contributed by atoms with E-state index in [9.17, 15) is 5.11 Å². The number of halogens is 3. The van der Waals surface area contributed by atoms with Crippen molar-refractivity contribution >= 4 is 45.7 Å². The van der Waals surface area contributed by atoms with Gasteiger partial charge in [-0.05, 0) is 61.8 Å². The third-order valence-electron chi connectivity index (χ3n) is 7.45. The molecule has 39 heavy (non-hydrogen) atoms. The summed E-state index contributed by atoms with van der Waals surface area (Å²) in [5.41, 5.74) is 3.15. The second kappa shape index (κ2) is 17.5. The molecule has 214 valence electrons. The molecule has 1 N–H and O–H groups in total. The molecule has 0 aliphatic carbocycles. The predicted octanol–water partition coefficient (Wildman–Crippen LogP) is 10.9. The zero-order chi connectivity index (χ0) is 28.0. The molecule has 3 rings (SSSR count). The van der Waals surface area contributed by atoms with Crippen molar-refractivity contribution in [3.63, 3.8) is 0 Å². The Kier molecular flexibility index (Phi) is 14.4. The van der Waals surface area contributed by atoms with E-state index < -0.39 is 6.10 Å². The summed E-state index contributed by atoms with van der Waals surface area (Å²) in [4.78, 5) is 7.30. The second-order valence-corrected chi connectivity index (χ2v) is 12.0. The Hall–Kier alpha value is -1.36. The lowest BCUT2D eigenvalue weighted by Crippen LogP contribution is -2.31. The number of fused-ring (bicyclic) bond motifs is 1. The van der Waals surface area contributed by atoms with Gasteiger partial charge in [-0.2, -0.15) is 0 Å². The standard InChI is InChI=1S/C33H45Cl3N2O/c1-3-5-7-9-11-13-19-38(20-14-12-10-8-6-4-2)24-32(39)28-23-31(25-15-17-26(34)18-16-25)37-33-29(28)21-27(35)22-30(33)36/h15-18,21-23,32,39H,3-14,19-20,24H2,1-2H3. The highest BCUT2D eigenvalue weighted by molar-refractivity contribution is 6.38. The first-order valence-corrected chi connectivity index (χ1v) is 16.0. The lowest BCUT2D eigenvalue weighted by molar-refractivity contribution is 0.111. The summed E-state index contributed by atoms with van der Waals surface area (Å²) in [7, 11) is 0. The van der Waals surface area contributed by atoms with Crippen molar-refractivity contribution in [2.24, 2.45) is 0 Å². The van der Waals surface area contributed by atoms with E-state index in [1.54, 1.807) is 6.07 Å². The van der Waals surface area contributed by atoms with E-state index in [0.29, 0.717) is 27.1 Å². The number of pyridine rings is 1. The van der Waals surface area contributed by atoms with E-state index in [2.05, 4.69) is 18.7 Å². The highest BCUT2D eigenvalue weighted by atomic mass is 35.5. The number of hydrogen-bond donors (Lipinski definition) is 1. The van der Waals surface area contributed by atoms with Crippen LogP contribution in [0.5, 0.6) is 0 Å². The lowest BCUT2D eigenvalue weighted by atomic mass is 9.99. The number of hydrogen-bond acceptors (Lipinski definition) is 3. The van der Waals surface area contributed by atoms with Gasteiger partial charge in [0.25, 0.3) is 0 Å². The van der Waals surface area contributed by atoms with E-state index in [1.165, 1.54) is 64.2 Å². The van der Waals surface area contributed by atoms with Gasteiger partial charge in [0.15, 0.2) is 0 Å². The Morgan fingerprint density at radius 1 is 0.718 bits per heavy atom. The maximum Gasteiger partial charge on any atom is 0.0924 e. The van der Waals surface area contributed by atoms with Crippen molar-refractivity contribution in [2.75, 3.05) is 19.6 Å². The highest BCUT2D eigenvalue weighted by Gasteiger charge is 2.20. The number of aliphatic hydroxyl groups excluding tert-OH is 1. The number of unbranched alkanes of at least 4 members (excludes halogenated alkanes) is 10. The summed E-state index contributed by atoms with van der Waals surface area (Å²) in [5, 5.41) is 14.2. The van der Waals surface area contributed by atoms with Crippen molar-refractivity contribution in [3.8, 4) is 11.3 Å². The van der Waals surface area contributed by atoms with Gasteiger partial charge in [-0.1, -0.05) is 125 Å². The summed E-state index contributed by atoms with van der Waals surface area (Å²) in [6, 6.07) is 13.2. The molecule has 0 radical (unpaired) electrons. The van der Waals surface area contributed by atoms with E-state index in [-0.39, 0.29) is 0 Å². The molecule has 1 aromatic heterocycles. The van der Waals surface area contributed by atoms with Crippen molar-refractivity contribution < 1.29 is 5.11 Å². The highest BCUT2D eigenvalue weighted by Crippen LogP contribution is 2.35. The van der Waals surface area contributed by atoms with Crippen LogP contribution in [0.15, 0.2) is 42.5 Å². The Morgan fingerprint density at radius 2 is 1.28 bits per heavy atom. The van der Waals surface area contributed by atoms with Crippen LogP contribution < -0.4 is 0 Å². The van der Waals surface area contributed by atoms with Crippen molar-refractivity contribution in [3.05, 3.63) is 63.1 Å². The fourth-order valence-corrected chi connectivity index (χ4v) is 5.85. The van der Waals surface area contributed by atoms with Crippen LogP contribution in [0.3, 0.4) is 0 Å². The van der Waals surface area contributed by atoms with Crippen LogP contribution in [0, 0.1) is 0 Å². The van der Waals surface area contributed by atoms with Crippen molar-refractivity contribution in [1.82, 2.24) is 9.88 Å². The molecule has 0 aliphatic rings. The number of rotatable bonds is 18. The van der Waals surface area contributed by atoms with Crippen molar-refractivity contribution in [2.45, 2.75) is 97.0 Å². The van der Waals surface area contributed by atoms with Crippen molar-refractivity contribution in [1.29, 1.82) is 0 Å². The minimum atomic E-state index is -0.684. The molecular weight excluding hydrogens is 547 g/mol. The molecule has 1 atom stereocenters. The first-order chi connectivity index (χ1) is 18.9. The van der Waals surface area contributed by atoms with Crippen LogP contribution in [-0.2, 0) is 0 Å². The van der Waals surface area contributed by atoms with Crippen LogP contribution >= 0.6 is 34.8 Å². The number of aliphatic hydroxyl groups is 1. The molecule has 0 aliphatic heterocycles. The summed E-state index contributed by atoms with van der Waals surface area (Å²) in [6.45, 7) is 7.10. The number of benzene rings is 2. The topological polar surface area (TPSA) is 36.4 Å². The molecule has 0 saturated heterocycles. The summed E-state index contributed by atoms with van der Waals surface area (Å²) in [5.74, 6) is 0. The minimum Gasteiger partial charge on any atom is -0.387 e. The maximum absolute atomic E-state index is 11.7. The van der Waals surface area contributed by atoms with Gasteiger partial charge in [-0.25, -0.2) is 4.98 Å². The van der Waals surface area contributed by atoms with E-state index in [0.717, 1.165) is 48.1 Å². The Labute approximate surface area is 250 Å². The number of nitrogens with zero attached hydrogens (tertiary/aromatic N) is 2. The van der Waals surface area contributed by atoms with Gasteiger partial charge in [0.05, 0.1) is 22.3 Å². The molecular formula is C33H45Cl3N2O. The van der Waals surface area contributed by atoms with Crippen LogP contribution in [0.2, 0.25) is 15.1 Å². The minimum absolute atomic E-state index is 0.484. The third-order valence-corrected chi connectivity index (χ3v) is 8.21. The van der Waals surface area contributed by atoms with Gasteiger partial charge in [-0.15, -0.1) is 0 Å². The zero-order valence-electron chi connectivity index (χ0n) is 23.7. The molecule has 1 heterocycles. The quantitative estimate of drug-likeness (QED) is 0.149. The zero-order valence-corrected chi connectivity index (χ0v) is 26.0. The van der Waals surface area contributed by atoms with Gasteiger partial charge in [0.1, 0.15) is 0 Å². The Morgan fingerprint density at radius 3 is 1.87 bits per heavy atom. The monoisotopic (exact) mass is 590 g/mol. The summed E-state index contributed by atoms with van der Waals surface area (Å²) < 4.78 is 0. The Balaban J connectivity index is 1.81. The Bertz CT molecular complexity index is 1120. The van der Waals surface area contributed by atoms with E-state index in [1.807, 2.05) is 36.4 Å². The molecule has 0 saturated carbocycles. The summed E-state index contributed by atoms with van der Waals surface area (Å²) >= 11 is 19.1. The average Bonchev–Trinajstić information content (AvgIpc) is 2.92. The van der Waals surface area contributed by atoms with Crippen LogP contribution in [0.1, 0.15) is 103 Å². The maximum atomic E-state index is 11.7. The van der Waals surface area contributed by atoms with Gasteiger partial charge < -0.3 is 10.0 Å². The fourth-order valence-electron chi connectivity index (χ4n) is 5.19. The normalized spacial score (nSPS) is 12.5. The molecule has 6 heteroatoms. The van der Waals surface area contributed by atoms with Crippen LogP contribution in [-0.4, -0.2) is 34.6 Å². The van der Waals surface area contributed by atoms with Crippen LogP contribution in [0.25, 0.3) is 22.2 Å². The first-order valence-electron chi connectivity index (χ1n) is 14.9. The molecule has 1 unspecified atom stereocenters. The molecule has 2 aromatic carbocycles. The summed E-state index contributed by atoms with van der Waals surface area (Å²) in [6.07, 6.45) is 14.5. The molecule has 0 bridgehead atoms. The van der Waals surface area contributed by atoms with E-state index in [4.69, 9.17) is 39.8 Å². The van der Waals surface area contributed by atoms with Crippen LogP contribution in [0.4, 0.5) is 0 Å². The van der Waals surface area contributed by atoms with E-state index >= 15 is 0 Å². The average molecular weight is 592 g/mol. The van der Waals surface area contributed by atoms with Gasteiger partial charge in [-0.3, -0.25) is 0 Å². The predicted molar refractivity (Wildman–Crippen MR) is 170 cm³/mol.